The average molecular weight is 414 g/mol. The van der Waals surface area contributed by atoms with Crippen molar-refractivity contribution in [1.82, 2.24) is 4.31 Å². The Hall–Kier alpha value is -2.44. The SMILES string of the molecule is CCOC(=O)CN(C1CCCC=C1c1ccccc1)S(=O)(=O)c1ccc(C)cc1. The molecular formula is C23H27NO4S. The van der Waals surface area contributed by atoms with Gasteiger partial charge in [0.2, 0.25) is 10.0 Å². The summed E-state index contributed by atoms with van der Waals surface area (Å²) in [6.07, 6.45) is 4.50. The molecule has 1 unspecified atom stereocenters. The van der Waals surface area contributed by atoms with Gasteiger partial charge in [-0.3, -0.25) is 4.79 Å². The minimum absolute atomic E-state index is 0.186. The zero-order chi connectivity index (χ0) is 20.9. The van der Waals surface area contributed by atoms with Crippen LogP contribution >= 0.6 is 0 Å². The molecule has 1 aliphatic rings. The van der Waals surface area contributed by atoms with Crippen LogP contribution in [0.2, 0.25) is 0 Å². The monoisotopic (exact) mass is 413 g/mol. The molecule has 1 aliphatic carbocycles. The van der Waals surface area contributed by atoms with Crippen molar-refractivity contribution >= 4 is 21.6 Å². The molecule has 29 heavy (non-hydrogen) atoms. The van der Waals surface area contributed by atoms with Gasteiger partial charge in [0, 0.05) is 0 Å². The van der Waals surface area contributed by atoms with E-state index in [1.54, 1.807) is 31.2 Å². The maximum atomic E-state index is 13.6. The number of carbonyl (C=O) groups is 1. The Kier molecular flexibility index (Phi) is 6.87. The van der Waals surface area contributed by atoms with Gasteiger partial charge in [0.05, 0.1) is 17.5 Å². The highest BCUT2D eigenvalue weighted by atomic mass is 32.2. The van der Waals surface area contributed by atoms with Crippen LogP contribution in [0.1, 0.15) is 37.3 Å². The lowest BCUT2D eigenvalue weighted by molar-refractivity contribution is -0.143. The summed E-state index contributed by atoms with van der Waals surface area (Å²) < 4.78 is 33.5. The zero-order valence-corrected chi connectivity index (χ0v) is 17.7. The van der Waals surface area contributed by atoms with Crippen LogP contribution in [0.4, 0.5) is 0 Å². The lowest BCUT2D eigenvalue weighted by Gasteiger charge is -2.34. The number of allylic oxidation sites excluding steroid dienone is 1. The number of nitrogens with zero attached hydrogens (tertiary/aromatic N) is 1. The molecule has 0 aromatic heterocycles. The highest BCUT2D eigenvalue weighted by Crippen LogP contribution is 2.34. The molecule has 1 atom stereocenters. The second-order valence-electron chi connectivity index (χ2n) is 7.14. The summed E-state index contributed by atoms with van der Waals surface area (Å²) in [6.45, 7) is 3.53. The molecule has 0 aliphatic heterocycles. The van der Waals surface area contributed by atoms with Crippen molar-refractivity contribution in [3.63, 3.8) is 0 Å². The molecule has 0 radical (unpaired) electrons. The van der Waals surface area contributed by atoms with E-state index in [1.165, 1.54) is 4.31 Å². The van der Waals surface area contributed by atoms with Crippen LogP contribution in [0.5, 0.6) is 0 Å². The maximum Gasteiger partial charge on any atom is 0.321 e. The molecule has 0 spiro atoms. The van der Waals surface area contributed by atoms with Gasteiger partial charge in [0.25, 0.3) is 0 Å². The first-order valence-electron chi connectivity index (χ1n) is 9.93. The van der Waals surface area contributed by atoms with Gasteiger partial charge in [0.15, 0.2) is 0 Å². The van der Waals surface area contributed by atoms with Crippen LogP contribution in [0.25, 0.3) is 5.57 Å². The maximum absolute atomic E-state index is 13.6. The Morgan fingerprint density at radius 3 is 2.45 bits per heavy atom. The number of carbonyl (C=O) groups excluding carboxylic acids is 1. The summed E-state index contributed by atoms with van der Waals surface area (Å²) in [6, 6.07) is 16.1. The molecule has 6 heteroatoms. The minimum Gasteiger partial charge on any atom is -0.465 e. The van der Waals surface area contributed by atoms with Crippen molar-refractivity contribution in [1.29, 1.82) is 0 Å². The molecule has 0 fully saturated rings. The summed E-state index contributed by atoms with van der Waals surface area (Å²) in [5.74, 6) is -0.541. The number of hydrogen-bond acceptors (Lipinski definition) is 4. The number of hydrogen-bond donors (Lipinski definition) is 0. The molecule has 2 aromatic carbocycles. The highest BCUT2D eigenvalue weighted by molar-refractivity contribution is 7.89. The van der Waals surface area contributed by atoms with Gasteiger partial charge >= 0.3 is 5.97 Å². The van der Waals surface area contributed by atoms with E-state index in [1.807, 2.05) is 37.3 Å². The molecule has 2 aromatic rings. The highest BCUT2D eigenvalue weighted by Gasteiger charge is 2.36. The lowest BCUT2D eigenvalue weighted by atomic mass is 9.89. The second-order valence-corrected chi connectivity index (χ2v) is 9.03. The van der Waals surface area contributed by atoms with Gasteiger partial charge in [-0.25, -0.2) is 8.42 Å². The van der Waals surface area contributed by atoms with Crippen molar-refractivity contribution in [2.45, 2.75) is 44.0 Å². The molecular weight excluding hydrogens is 386 g/mol. The fraction of sp³-hybridized carbons (Fsp3) is 0.348. The number of benzene rings is 2. The van der Waals surface area contributed by atoms with Gasteiger partial charge in [0.1, 0.15) is 6.54 Å². The molecule has 3 rings (SSSR count). The molecule has 0 saturated heterocycles. The van der Waals surface area contributed by atoms with E-state index in [-0.39, 0.29) is 18.0 Å². The number of rotatable bonds is 7. The van der Waals surface area contributed by atoms with E-state index >= 15 is 0 Å². The normalized spacial score (nSPS) is 17.1. The van der Waals surface area contributed by atoms with Gasteiger partial charge < -0.3 is 4.74 Å². The third-order valence-corrected chi connectivity index (χ3v) is 6.95. The number of esters is 1. The third-order valence-electron chi connectivity index (χ3n) is 5.08. The van der Waals surface area contributed by atoms with Gasteiger partial charge in [-0.05, 0) is 56.4 Å². The largest absolute Gasteiger partial charge is 0.465 e. The van der Waals surface area contributed by atoms with E-state index in [4.69, 9.17) is 4.74 Å². The first-order chi connectivity index (χ1) is 13.9. The Morgan fingerprint density at radius 2 is 1.79 bits per heavy atom. The van der Waals surface area contributed by atoms with Crippen LogP contribution in [0.3, 0.4) is 0 Å². The molecule has 0 heterocycles. The summed E-state index contributed by atoms with van der Waals surface area (Å²) in [5.41, 5.74) is 2.89. The van der Waals surface area contributed by atoms with Crippen molar-refractivity contribution in [2.24, 2.45) is 0 Å². The summed E-state index contributed by atoms with van der Waals surface area (Å²) in [4.78, 5) is 12.5. The Balaban J connectivity index is 2.04. The third kappa shape index (κ3) is 4.95. The Bertz CT molecular complexity index is 966. The smallest absolute Gasteiger partial charge is 0.321 e. The van der Waals surface area contributed by atoms with Crippen LogP contribution in [0, 0.1) is 6.92 Å². The van der Waals surface area contributed by atoms with Crippen LogP contribution in [-0.4, -0.2) is 37.9 Å². The topological polar surface area (TPSA) is 63.7 Å². The fourth-order valence-electron chi connectivity index (χ4n) is 3.64. The molecule has 154 valence electrons. The fourth-order valence-corrected chi connectivity index (χ4v) is 5.22. The Morgan fingerprint density at radius 1 is 1.10 bits per heavy atom. The van der Waals surface area contributed by atoms with Gasteiger partial charge in [-0.15, -0.1) is 0 Å². The number of ether oxygens (including phenoxy) is 1. The quantitative estimate of drug-likeness (QED) is 0.639. The van der Waals surface area contributed by atoms with Crippen LogP contribution < -0.4 is 0 Å². The Labute approximate surface area is 173 Å². The van der Waals surface area contributed by atoms with Crippen molar-refractivity contribution < 1.29 is 17.9 Å². The second kappa shape index (κ2) is 9.37. The molecule has 5 nitrogen and oxygen atoms in total. The minimum atomic E-state index is -3.88. The van der Waals surface area contributed by atoms with E-state index in [9.17, 15) is 13.2 Å². The number of sulfonamides is 1. The van der Waals surface area contributed by atoms with Crippen molar-refractivity contribution in [3.8, 4) is 0 Å². The number of aryl methyl sites for hydroxylation is 1. The van der Waals surface area contributed by atoms with Crippen molar-refractivity contribution in [3.05, 3.63) is 71.8 Å². The standard InChI is InChI=1S/C23H27NO4S/c1-3-28-23(25)17-24(29(26,27)20-15-13-18(2)14-16-20)22-12-8-7-11-21(22)19-9-5-4-6-10-19/h4-6,9-11,13-16,22H,3,7-8,12,17H2,1-2H3. The predicted molar refractivity (Wildman–Crippen MR) is 114 cm³/mol. The van der Waals surface area contributed by atoms with Gasteiger partial charge in [-0.2, -0.15) is 4.31 Å². The van der Waals surface area contributed by atoms with E-state index < -0.39 is 22.0 Å². The predicted octanol–water partition coefficient (Wildman–Crippen LogP) is 4.18. The van der Waals surface area contributed by atoms with Gasteiger partial charge in [-0.1, -0.05) is 54.1 Å². The average Bonchev–Trinajstić information content (AvgIpc) is 2.73. The first-order valence-corrected chi connectivity index (χ1v) is 11.4. The van der Waals surface area contributed by atoms with E-state index in [0.29, 0.717) is 6.42 Å². The zero-order valence-electron chi connectivity index (χ0n) is 16.9. The lowest BCUT2D eigenvalue weighted by Crippen LogP contribution is -2.45. The van der Waals surface area contributed by atoms with Crippen LogP contribution in [0.15, 0.2) is 65.6 Å². The first kappa shape index (κ1) is 21.3. The molecule has 0 bridgehead atoms. The molecule has 0 saturated carbocycles. The van der Waals surface area contributed by atoms with Crippen LogP contribution in [-0.2, 0) is 19.6 Å². The summed E-state index contributed by atoms with van der Waals surface area (Å²) in [7, 11) is -3.88. The summed E-state index contributed by atoms with van der Waals surface area (Å²) in [5, 5.41) is 0. The summed E-state index contributed by atoms with van der Waals surface area (Å²) >= 11 is 0. The molecule has 0 amide bonds. The van der Waals surface area contributed by atoms with E-state index in [0.717, 1.165) is 29.5 Å². The van der Waals surface area contributed by atoms with Crippen molar-refractivity contribution in [2.75, 3.05) is 13.2 Å². The van der Waals surface area contributed by atoms with E-state index in [2.05, 4.69) is 6.08 Å². The molecule has 0 N–H and O–H groups in total.